The SMILES string of the molecule is CCCCOc1c(N(C)C(=O)O)ncc2c(O)c(Cl)c(Cl)c(CCC(=O)N3CCCC3)c12. The van der Waals surface area contributed by atoms with Crippen LogP contribution in [0.5, 0.6) is 11.5 Å². The van der Waals surface area contributed by atoms with E-state index in [-0.39, 0.29) is 51.5 Å². The maximum atomic E-state index is 12.6. The number of aromatic hydroxyl groups is 1. The smallest absolute Gasteiger partial charge is 0.412 e. The number of amides is 2. The van der Waals surface area contributed by atoms with Gasteiger partial charge >= 0.3 is 6.09 Å². The zero-order chi connectivity index (χ0) is 23.4. The van der Waals surface area contributed by atoms with Gasteiger partial charge in [0.1, 0.15) is 10.8 Å². The molecule has 0 bridgehead atoms. The van der Waals surface area contributed by atoms with Crippen molar-refractivity contribution >= 4 is 51.8 Å². The van der Waals surface area contributed by atoms with E-state index in [1.807, 2.05) is 11.8 Å². The van der Waals surface area contributed by atoms with Crippen molar-refractivity contribution in [1.29, 1.82) is 0 Å². The van der Waals surface area contributed by atoms with E-state index in [2.05, 4.69) is 4.98 Å². The minimum Gasteiger partial charge on any atom is -0.506 e. The molecular weight excluding hydrogens is 457 g/mol. The van der Waals surface area contributed by atoms with Gasteiger partial charge in [-0.15, -0.1) is 0 Å². The van der Waals surface area contributed by atoms with Crippen LogP contribution < -0.4 is 9.64 Å². The Morgan fingerprint density at radius 2 is 1.94 bits per heavy atom. The molecular formula is C22H27Cl2N3O5. The number of carbonyl (C=O) groups excluding carboxylic acids is 1. The monoisotopic (exact) mass is 483 g/mol. The fourth-order valence-electron chi connectivity index (χ4n) is 3.80. The van der Waals surface area contributed by atoms with Crippen molar-refractivity contribution in [3.05, 3.63) is 21.8 Å². The first-order chi connectivity index (χ1) is 15.3. The van der Waals surface area contributed by atoms with Gasteiger partial charge in [0.15, 0.2) is 11.6 Å². The number of halogens is 2. The van der Waals surface area contributed by atoms with E-state index in [4.69, 9.17) is 27.9 Å². The molecule has 1 aromatic heterocycles. The van der Waals surface area contributed by atoms with Gasteiger partial charge in [0.05, 0.1) is 11.6 Å². The minimum absolute atomic E-state index is 0.0151. The van der Waals surface area contributed by atoms with Crippen molar-refractivity contribution in [3.8, 4) is 11.5 Å². The highest BCUT2D eigenvalue weighted by molar-refractivity contribution is 6.45. The van der Waals surface area contributed by atoms with Crippen LogP contribution in [0.1, 0.15) is 44.6 Å². The van der Waals surface area contributed by atoms with Crippen LogP contribution in [-0.2, 0) is 11.2 Å². The van der Waals surface area contributed by atoms with Gasteiger partial charge < -0.3 is 19.8 Å². The number of fused-ring (bicyclic) bond motifs is 1. The van der Waals surface area contributed by atoms with E-state index >= 15 is 0 Å². The summed E-state index contributed by atoms with van der Waals surface area (Å²) in [6.07, 6.45) is 4.19. The van der Waals surface area contributed by atoms with Crippen LogP contribution in [0.4, 0.5) is 10.6 Å². The molecule has 0 aliphatic carbocycles. The van der Waals surface area contributed by atoms with Crippen molar-refractivity contribution < 1.29 is 24.5 Å². The van der Waals surface area contributed by atoms with Crippen molar-refractivity contribution in [2.24, 2.45) is 0 Å². The molecule has 0 atom stereocenters. The Kier molecular flexibility index (Phi) is 7.90. The van der Waals surface area contributed by atoms with E-state index in [1.165, 1.54) is 13.2 Å². The van der Waals surface area contributed by atoms with E-state index in [1.54, 1.807) is 0 Å². The Morgan fingerprint density at radius 3 is 2.56 bits per heavy atom. The maximum absolute atomic E-state index is 12.6. The van der Waals surface area contributed by atoms with Crippen molar-refractivity contribution in [2.75, 3.05) is 31.6 Å². The maximum Gasteiger partial charge on any atom is 0.412 e. The number of nitrogens with zero attached hydrogens (tertiary/aromatic N) is 3. The van der Waals surface area contributed by atoms with Crippen LogP contribution in [0.15, 0.2) is 6.20 Å². The lowest BCUT2D eigenvalue weighted by Gasteiger charge is -2.22. The summed E-state index contributed by atoms with van der Waals surface area (Å²) in [5.74, 6) is 0.0179. The van der Waals surface area contributed by atoms with Gasteiger partial charge in [0.25, 0.3) is 0 Å². The first-order valence-electron chi connectivity index (χ1n) is 10.7. The Labute approximate surface area is 196 Å². The molecule has 32 heavy (non-hydrogen) atoms. The molecule has 2 amide bonds. The second-order valence-corrected chi connectivity index (χ2v) is 8.54. The lowest BCUT2D eigenvalue weighted by atomic mass is 9.99. The van der Waals surface area contributed by atoms with Gasteiger partial charge in [0, 0.05) is 43.5 Å². The summed E-state index contributed by atoms with van der Waals surface area (Å²) in [4.78, 5) is 31.3. The van der Waals surface area contributed by atoms with Crippen molar-refractivity contribution in [1.82, 2.24) is 9.88 Å². The van der Waals surface area contributed by atoms with Crippen LogP contribution in [-0.4, -0.2) is 58.8 Å². The number of rotatable bonds is 8. The first-order valence-corrected chi connectivity index (χ1v) is 11.4. The Balaban J connectivity index is 2.15. The van der Waals surface area contributed by atoms with Crippen LogP contribution in [0, 0.1) is 0 Å². The normalized spacial score (nSPS) is 13.6. The van der Waals surface area contributed by atoms with E-state index in [0.717, 1.165) is 43.7 Å². The second-order valence-electron chi connectivity index (χ2n) is 7.79. The summed E-state index contributed by atoms with van der Waals surface area (Å²) in [5.41, 5.74) is 0.519. The largest absolute Gasteiger partial charge is 0.506 e. The fraction of sp³-hybridized carbons (Fsp3) is 0.500. The van der Waals surface area contributed by atoms with Crippen LogP contribution >= 0.6 is 23.2 Å². The number of aryl methyl sites for hydroxylation is 1. The number of aromatic nitrogens is 1. The van der Waals surface area contributed by atoms with Crippen molar-refractivity contribution in [2.45, 2.75) is 45.4 Å². The van der Waals surface area contributed by atoms with Gasteiger partial charge in [-0.2, -0.15) is 0 Å². The number of phenolic OH excluding ortho intramolecular Hbond substituents is 1. The third kappa shape index (κ3) is 4.81. The molecule has 10 heteroatoms. The summed E-state index contributed by atoms with van der Waals surface area (Å²) in [7, 11) is 1.36. The van der Waals surface area contributed by atoms with E-state index < -0.39 is 6.09 Å². The number of phenols is 1. The average molecular weight is 484 g/mol. The number of hydrogen-bond donors (Lipinski definition) is 2. The number of carbonyl (C=O) groups is 2. The highest BCUT2D eigenvalue weighted by atomic mass is 35.5. The molecule has 1 saturated heterocycles. The molecule has 2 aromatic rings. The quantitative estimate of drug-likeness (QED) is 0.506. The number of anilines is 1. The topological polar surface area (TPSA) is 103 Å². The van der Waals surface area contributed by atoms with Gasteiger partial charge in [-0.1, -0.05) is 36.5 Å². The fourth-order valence-corrected chi connectivity index (χ4v) is 4.30. The average Bonchev–Trinajstić information content (AvgIpc) is 3.32. The van der Waals surface area contributed by atoms with Gasteiger partial charge in [0.2, 0.25) is 5.91 Å². The number of benzene rings is 1. The number of unbranched alkanes of at least 4 members (excludes halogenated alkanes) is 1. The molecule has 1 aliphatic heterocycles. The predicted octanol–water partition coefficient (Wildman–Crippen LogP) is 5.10. The highest BCUT2D eigenvalue weighted by Gasteiger charge is 2.27. The summed E-state index contributed by atoms with van der Waals surface area (Å²) in [6.45, 7) is 3.82. The highest BCUT2D eigenvalue weighted by Crippen LogP contribution is 2.47. The summed E-state index contributed by atoms with van der Waals surface area (Å²) >= 11 is 12.8. The molecule has 3 rings (SSSR count). The number of hydrogen-bond acceptors (Lipinski definition) is 5. The van der Waals surface area contributed by atoms with Crippen molar-refractivity contribution in [3.63, 3.8) is 0 Å². The zero-order valence-corrected chi connectivity index (χ0v) is 19.7. The molecule has 1 aromatic carbocycles. The number of pyridine rings is 1. The third-order valence-corrected chi connectivity index (χ3v) is 6.52. The summed E-state index contributed by atoms with van der Waals surface area (Å²) in [6, 6.07) is 0. The molecule has 0 saturated carbocycles. The molecule has 0 spiro atoms. The van der Waals surface area contributed by atoms with Gasteiger partial charge in [-0.25, -0.2) is 9.78 Å². The second kappa shape index (κ2) is 10.4. The van der Waals surface area contributed by atoms with Gasteiger partial charge in [-0.3, -0.25) is 9.69 Å². The van der Waals surface area contributed by atoms with Crippen LogP contribution in [0.2, 0.25) is 10.0 Å². The molecule has 2 heterocycles. The Morgan fingerprint density at radius 1 is 1.25 bits per heavy atom. The van der Waals surface area contributed by atoms with Gasteiger partial charge in [-0.05, 0) is 31.2 Å². The molecule has 8 nitrogen and oxygen atoms in total. The zero-order valence-electron chi connectivity index (χ0n) is 18.2. The molecule has 2 N–H and O–H groups in total. The number of ether oxygens (including phenoxy) is 1. The standard InChI is InChI=1S/C22H27Cl2N3O5/c1-3-4-11-32-20-16-13(7-8-15(28)27-9-5-6-10-27)17(23)18(24)19(29)14(16)12-25-21(20)26(2)22(30)31/h12,29H,3-11H2,1-2H3,(H,30,31). The number of likely N-dealkylation sites (tertiary alicyclic amines) is 1. The van der Waals surface area contributed by atoms with Crippen LogP contribution in [0.25, 0.3) is 10.8 Å². The minimum atomic E-state index is -1.22. The van der Waals surface area contributed by atoms with E-state index in [0.29, 0.717) is 17.6 Å². The third-order valence-electron chi connectivity index (χ3n) is 5.63. The Hall–Kier alpha value is -2.45. The van der Waals surface area contributed by atoms with E-state index in [9.17, 15) is 19.8 Å². The summed E-state index contributed by atoms with van der Waals surface area (Å²) in [5, 5.41) is 20.9. The Bertz CT molecular complexity index is 1020. The lowest BCUT2D eigenvalue weighted by Crippen LogP contribution is -2.27. The van der Waals surface area contributed by atoms with Crippen LogP contribution in [0.3, 0.4) is 0 Å². The number of carboxylic acid groups (broad SMARTS) is 1. The molecule has 1 fully saturated rings. The summed E-state index contributed by atoms with van der Waals surface area (Å²) < 4.78 is 5.98. The predicted molar refractivity (Wildman–Crippen MR) is 124 cm³/mol. The first kappa shape index (κ1) is 24.2. The lowest BCUT2D eigenvalue weighted by molar-refractivity contribution is -0.130. The molecule has 0 radical (unpaired) electrons. The molecule has 174 valence electrons. The molecule has 1 aliphatic rings. The molecule has 0 unspecified atom stereocenters.